The van der Waals surface area contributed by atoms with E-state index in [0.717, 1.165) is 23.5 Å². The van der Waals surface area contributed by atoms with Crippen molar-refractivity contribution in [1.29, 1.82) is 0 Å². The summed E-state index contributed by atoms with van der Waals surface area (Å²) in [5.74, 6) is 1.02. The molecule has 0 aliphatic rings. The Hall–Kier alpha value is -3.38. The van der Waals surface area contributed by atoms with Crippen LogP contribution in [0.4, 0.5) is 0 Å². The van der Waals surface area contributed by atoms with Gasteiger partial charge < -0.3 is 5.32 Å². The first kappa shape index (κ1) is 19.9. The SMILES string of the molecule is O=C(CSc1nc(-c2ccccc2)n(-c2ccccc2)n1)NCCc1ccccc1. The number of hydrogen-bond donors (Lipinski definition) is 1. The van der Waals surface area contributed by atoms with Crippen molar-refractivity contribution in [2.45, 2.75) is 11.6 Å². The highest BCUT2D eigenvalue weighted by molar-refractivity contribution is 7.99. The van der Waals surface area contributed by atoms with Crippen LogP contribution in [0.25, 0.3) is 17.1 Å². The molecule has 30 heavy (non-hydrogen) atoms. The predicted octanol–water partition coefficient (Wildman–Crippen LogP) is 4.39. The number of benzene rings is 3. The van der Waals surface area contributed by atoms with Gasteiger partial charge in [-0.1, -0.05) is 90.6 Å². The molecule has 4 rings (SSSR count). The molecule has 0 spiro atoms. The van der Waals surface area contributed by atoms with E-state index in [1.807, 2.05) is 83.5 Å². The number of carbonyl (C=O) groups excluding carboxylic acids is 1. The van der Waals surface area contributed by atoms with E-state index in [1.165, 1.54) is 17.3 Å². The van der Waals surface area contributed by atoms with Crippen LogP contribution in [0.15, 0.2) is 96.2 Å². The molecule has 1 N–H and O–H groups in total. The Morgan fingerprint density at radius 3 is 2.20 bits per heavy atom. The third-order valence-electron chi connectivity index (χ3n) is 4.53. The van der Waals surface area contributed by atoms with Crippen molar-refractivity contribution in [1.82, 2.24) is 20.1 Å². The Morgan fingerprint density at radius 2 is 1.50 bits per heavy atom. The van der Waals surface area contributed by atoms with Gasteiger partial charge in [-0.3, -0.25) is 4.79 Å². The van der Waals surface area contributed by atoms with E-state index in [2.05, 4.69) is 22.5 Å². The lowest BCUT2D eigenvalue weighted by molar-refractivity contribution is -0.118. The third kappa shape index (κ3) is 5.15. The number of carbonyl (C=O) groups is 1. The molecule has 4 aromatic rings. The molecule has 0 radical (unpaired) electrons. The second-order valence-corrected chi connectivity index (χ2v) is 7.65. The van der Waals surface area contributed by atoms with Crippen LogP contribution >= 0.6 is 11.8 Å². The highest BCUT2D eigenvalue weighted by Crippen LogP contribution is 2.24. The van der Waals surface area contributed by atoms with Gasteiger partial charge in [0.1, 0.15) is 0 Å². The van der Waals surface area contributed by atoms with E-state index in [0.29, 0.717) is 11.7 Å². The molecule has 1 aromatic heterocycles. The summed E-state index contributed by atoms with van der Waals surface area (Å²) in [6.07, 6.45) is 0.816. The normalized spacial score (nSPS) is 10.7. The lowest BCUT2D eigenvalue weighted by Crippen LogP contribution is -2.27. The molecular formula is C24H22N4OS. The van der Waals surface area contributed by atoms with Gasteiger partial charge in [0.2, 0.25) is 11.1 Å². The highest BCUT2D eigenvalue weighted by Gasteiger charge is 2.15. The minimum Gasteiger partial charge on any atom is -0.355 e. The second kappa shape index (κ2) is 9.89. The first-order chi connectivity index (χ1) is 14.8. The van der Waals surface area contributed by atoms with E-state index >= 15 is 0 Å². The summed E-state index contributed by atoms with van der Waals surface area (Å²) in [4.78, 5) is 16.9. The van der Waals surface area contributed by atoms with Gasteiger partial charge in [0.05, 0.1) is 11.4 Å². The lowest BCUT2D eigenvalue weighted by Gasteiger charge is -2.05. The van der Waals surface area contributed by atoms with E-state index in [-0.39, 0.29) is 11.7 Å². The van der Waals surface area contributed by atoms with Crippen molar-refractivity contribution in [2.75, 3.05) is 12.3 Å². The van der Waals surface area contributed by atoms with Gasteiger partial charge in [-0.2, -0.15) is 0 Å². The number of para-hydroxylation sites is 1. The summed E-state index contributed by atoms with van der Waals surface area (Å²) in [6, 6.07) is 30.0. The minimum atomic E-state index is -0.0201. The molecule has 1 amide bonds. The molecule has 3 aromatic carbocycles. The van der Waals surface area contributed by atoms with Crippen LogP contribution in [0.2, 0.25) is 0 Å². The van der Waals surface area contributed by atoms with E-state index in [9.17, 15) is 4.79 Å². The quantitative estimate of drug-likeness (QED) is 0.435. The fourth-order valence-corrected chi connectivity index (χ4v) is 3.70. The lowest BCUT2D eigenvalue weighted by atomic mass is 10.1. The molecule has 1 heterocycles. The van der Waals surface area contributed by atoms with Gasteiger partial charge in [0, 0.05) is 12.1 Å². The largest absolute Gasteiger partial charge is 0.355 e. The maximum atomic E-state index is 12.2. The Balaban J connectivity index is 1.42. The Labute approximate surface area is 180 Å². The van der Waals surface area contributed by atoms with Crippen molar-refractivity contribution in [3.8, 4) is 17.1 Å². The standard InChI is InChI=1S/C24H22N4OS/c29-22(25-17-16-19-10-4-1-5-11-19)18-30-24-26-23(20-12-6-2-7-13-20)28(27-24)21-14-8-3-9-15-21/h1-15H,16-18H2,(H,25,29). The molecule has 0 aliphatic heterocycles. The second-order valence-electron chi connectivity index (χ2n) is 6.71. The summed E-state index contributed by atoms with van der Waals surface area (Å²) in [5, 5.41) is 8.19. The number of amides is 1. The third-order valence-corrected chi connectivity index (χ3v) is 5.37. The molecule has 0 fully saturated rings. The van der Waals surface area contributed by atoms with E-state index < -0.39 is 0 Å². The average molecular weight is 415 g/mol. The fourth-order valence-electron chi connectivity index (χ4n) is 3.05. The molecule has 150 valence electrons. The van der Waals surface area contributed by atoms with Gasteiger partial charge in [0.15, 0.2) is 5.82 Å². The molecular weight excluding hydrogens is 392 g/mol. The molecule has 6 heteroatoms. The van der Waals surface area contributed by atoms with Gasteiger partial charge in [-0.15, -0.1) is 5.10 Å². The van der Waals surface area contributed by atoms with E-state index in [1.54, 1.807) is 0 Å². The smallest absolute Gasteiger partial charge is 0.230 e. The number of nitrogens with zero attached hydrogens (tertiary/aromatic N) is 3. The number of aromatic nitrogens is 3. The number of nitrogens with one attached hydrogen (secondary N) is 1. The van der Waals surface area contributed by atoms with Crippen molar-refractivity contribution >= 4 is 17.7 Å². The number of thioether (sulfide) groups is 1. The van der Waals surface area contributed by atoms with Crippen LogP contribution < -0.4 is 5.32 Å². The molecule has 0 aliphatic carbocycles. The maximum absolute atomic E-state index is 12.2. The first-order valence-corrected chi connectivity index (χ1v) is 10.8. The predicted molar refractivity (Wildman–Crippen MR) is 121 cm³/mol. The summed E-state index contributed by atoms with van der Waals surface area (Å²) in [5.41, 5.74) is 3.12. The summed E-state index contributed by atoms with van der Waals surface area (Å²) < 4.78 is 1.82. The molecule has 0 unspecified atom stereocenters. The summed E-state index contributed by atoms with van der Waals surface area (Å²) in [7, 11) is 0. The van der Waals surface area contributed by atoms with Crippen LogP contribution in [-0.4, -0.2) is 33.0 Å². The van der Waals surface area contributed by atoms with Crippen molar-refractivity contribution in [3.05, 3.63) is 96.6 Å². The van der Waals surface area contributed by atoms with Crippen molar-refractivity contribution in [2.24, 2.45) is 0 Å². The fraction of sp³-hybridized carbons (Fsp3) is 0.125. The molecule has 5 nitrogen and oxygen atoms in total. The number of hydrogen-bond acceptors (Lipinski definition) is 4. The van der Waals surface area contributed by atoms with Crippen LogP contribution in [0.5, 0.6) is 0 Å². The Bertz CT molecular complexity index is 1030. The van der Waals surface area contributed by atoms with E-state index in [4.69, 9.17) is 4.98 Å². The maximum Gasteiger partial charge on any atom is 0.230 e. The highest BCUT2D eigenvalue weighted by atomic mass is 32.2. The Kier molecular flexibility index (Phi) is 6.57. The van der Waals surface area contributed by atoms with Gasteiger partial charge >= 0.3 is 0 Å². The Morgan fingerprint density at radius 1 is 0.867 bits per heavy atom. The molecule has 0 bridgehead atoms. The van der Waals surface area contributed by atoms with Crippen LogP contribution in [0.3, 0.4) is 0 Å². The zero-order valence-corrected chi connectivity index (χ0v) is 17.3. The topological polar surface area (TPSA) is 59.8 Å². The monoisotopic (exact) mass is 414 g/mol. The zero-order chi connectivity index (χ0) is 20.6. The molecule has 0 atom stereocenters. The summed E-state index contributed by atoms with van der Waals surface area (Å²) >= 11 is 1.34. The molecule has 0 saturated heterocycles. The minimum absolute atomic E-state index is 0.0201. The number of rotatable bonds is 8. The zero-order valence-electron chi connectivity index (χ0n) is 16.4. The first-order valence-electron chi connectivity index (χ1n) is 9.81. The molecule has 0 saturated carbocycles. The van der Waals surface area contributed by atoms with Crippen LogP contribution in [-0.2, 0) is 11.2 Å². The van der Waals surface area contributed by atoms with Gasteiger partial charge in [-0.05, 0) is 24.1 Å². The van der Waals surface area contributed by atoms with Crippen LogP contribution in [0.1, 0.15) is 5.56 Å². The van der Waals surface area contributed by atoms with Crippen molar-refractivity contribution in [3.63, 3.8) is 0 Å². The van der Waals surface area contributed by atoms with Gasteiger partial charge in [0.25, 0.3) is 0 Å². The van der Waals surface area contributed by atoms with Crippen LogP contribution in [0, 0.1) is 0 Å². The van der Waals surface area contributed by atoms with Crippen molar-refractivity contribution < 1.29 is 4.79 Å². The average Bonchev–Trinajstić information content (AvgIpc) is 3.24. The van der Waals surface area contributed by atoms with Gasteiger partial charge in [-0.25, -0.2) is 9.67 Å². The summed E-state index contributed by atoms with van der Waals surface area (Å²) in [6.45, 7) is 0.616.